The van der Waals surface area contributed by atoms with E-state index in [9.17, 15) is 0 Å². The smallest absolute Gasteiger partial charge is 0.0331 e. The molecule has 0 aromatic carbocycles. The van der Waals surface area contributed by atoms with E-state index in [1.54, 1.807) is 0 Å². The van der Waals surface area contributed by atoms with Gasteiger partial charge in [-0.15, -0.1) is 11.3 Å². The van der Waals surface area contributed by atoms with Gasteiger partial charge in [0.25, 0.3) is 0 Å². The van der Waals surface area contributed by atoms with Crippen molar-refractivity contribution in [3.8, 4) is 0 Å². The van der Waals surface area contributed by atoms with E-state index in [0.717, 1.165) is 19.6 Å². The number of nitrogens with one attached hydrogen (secondary N) is 1. The summed E-state index contributed by atoms with van der Waals surface area (Å²) in [5, 5.41) is 5.98. The fourth-order valence-corrected chi connectivity index (χ4v) is 4.38. The number of rotatable bonds is 4. The Hall–Kier alpha value is 0.1000. The minimum absolute atomic E-state index is 0.305. The van der Waals surface area contributed by atoms with Gasteiger partial charge in [0.1, 0.15) is 0 Å². The molecule has 4 heteroatoms. The molecule has 2 rings (SSSR count). The van der Waals surface area contributed by atoms with Gasteiger partial charge in [-0.25, -0.2) is 0 Å². The van der Waals surface area contributed by atoms with E-state index in [0.29, 0.717) is 11.6 Å². The third-order valence-corrected chi connectivity index (χ3v) is 6.21. The van der Waals surface area contributed by atoms with E-state index in [1.165, 1.54) is 28.6 Å². The number of hydrogen-bond acceptors (Lipinski definition) is 3. The molecule has 0 saturated carbocycles. The summed E-state index contributed by atoms with van der Waals surface area (Å²) in [7, 11) is 0. The zero-order valence-corrected chi connectivity index (χ0v) is 14.6. The summed E-state index contributed by atoms with van der Waals surface area (Å²) in [4.78, 5) is 4.12. The average molecular weight is 345 g/mol. The molecule has 1 N–H and O–H groups in total. The third-order valence-electron chi connectivity index (χ3n) is 4.53. The van der Waals surface area contributed by atoms with Crippen LogP contribution in [-0.4, -0.2) is 29.6 Å². The molecule has 0 amide bonds. The summed E-state index contributed by atoms with van der Waals surface area (Å²) in [6.45, 7) is 10.4. The summed E-state index contributed by atoms with van der Waals surface area (Å²) in [5.41, 5.74) is 0.305. The number of thiophene rings is 1. The highest BCUT2D eigenvalue weighted by Gasteiger charge is 2.32. The molecule has 2 heterocycles. The van der Waals surface area contributed by atoms with Crippen LogP contribution in [0.25, 0.3) is 0 Å². The first-order chi connectivity index (χ1) is 9.08. The lowest BCUT2D eigenvalue weighted by atomic mass is 9.92. The lowest BCUT2D eigenvalue weighted by Gasteiger charge is -2.37. The fraction of sp³-hybridized carbons (Fsp3) is 0.733. The lowest BCUT2D eigenvalue weighted by molar-refractivity contribution is 0.153. The van der Waals surface area contributed by atoms with Gasteiger partial charge in [-0.2, -0.15) is 0 Å². The topological polar surface area (TPSA) is 15.3 Å². The molecule has 1 aromatic rings. The highest BCUT2D eigenvalue weighted by atomic mass is 79.9. The first-order valence-corrected chi connectivity index (χ1v) is 8.98. The molecule has 19 heavy (non-hydrogen) atoms. The Morgan fingerprint density at radius 3 is 2.79 bits per heavy atom. The van der Waals surface area contributed by atoms with E-state index >= 15 is 0 Å². The minimum atomic E-state index is 0.305. The summed E-state index contributed by atoms with van der Waals surface area (Å²) < 4.78 is 1.21. The van der Waals surface area contributed by atoms with Crippen molar-refractivity contribution in [3.05, 3.63) is 20.8 Å². The second-order valence-corrected chi connectivity index (χ2v) is 7.60. The standard InChI is InChI=1S/C15H25BrN2S/c1-4-15(5-2)11-18(12(3)6-7-17-15)9-14-8-13(16)10-19-14/h8,10,12,17H,4-7,9,11H2,1-3H3. The zero-order valence-electron chi connectivity index (χ0n) is 12.2. The minimum Gasteiger partial charge on any atom is -0.310 e. The van der Waals surface area contributed by atoms with Crippen molar-refractivity contribution in [1.82, 2.24) is 10.2 Å². The normalized spacial score (nSPS) is 24.3. The van der Waals surface area contributed by atoms with Crippen molar-refractivity contribution in [2.24, 2.45) is 0 Å². The molecule has 1 atom stereocenters. The molecule has 0 spiro atoms. The van der Waals surface area contributed by atoms with Crippen LogP contribution in [0.5, 0.6) is 0 Å². The van der Waals surface area contributed by atoms with Crippen LogP contribution < -0.4 is 5.32 Å². The van der Waals surface area contributed by atoms with Gasteiger partial charge in [0.15, 0.2) is 0 Å². The van der Waals surface area contributed by atoms with Gasteiger partial charge in [-0.05, 0) is 54.7 Å². The van der Waals surface area contributed by atoms with Crippen molar-refractivity contribution < 1.29 is 0 Å². The maximum absolute atomic E-state index is 3.80. The summed E-state index contributed by atoms with van der Waals surface area (Å²) in [6, 6.07) is 2.92. The van der Waals surface area contributed by atoms with Crippen molar-refractivity contribution in [3.63, 3.8) is 0 Å². The average Bonchev–Trinajstić information content (AvgIpc) is 2.74. The fourth-order valence-electron chi connectivity index (χ4n) is 2.90. The molecule has 0 bridgehead atoms. The molecule has 0 radical (unpaired) electrons. The second-order valence-electron chi connectivity index (χ2n) is 5.69. The van der Waals surface area contributed by atoms with E-state index in [2.05, 4.69) is 58.4 Å². The van der Waals surface area contributed by atoms with Gasteiger partial charge in [-0.1, -0.05) is 13.8 Å². The SMILES string of the molecule is CCC1(CC)CN(Cc2cc(Br)cs2)C(C)CCN1. The predicted octanol–water partition coefficient (Wildman–Crippen LogP) is 4.25. The van der Waals surface area contributed by atoms with Crippen LogP contribution in [0, 0.1) is 0 Å². The molecule has 1 aromatic heterocycles. The summed E-state index contributed by atoms with van der Waals surface area (Å²) in [6.07, 6.45) is 3.66. The van der Waals surface area contributed by atoms with E-state index < -0.39 is 0 Å². The third kappa shape index (κ3) is 3.81. The molecular formula is C15H25BrN2S. The van der Waals surface area contributed by atoms with Crippen LogP contribution >= 0.6 is 27.3 Å². The molecule has 1 aliphatic heterocycles. The molecule has 2 nitrogen and oxygen atoms in total. The van der Waals surface area contributed by atoms with E-state index in [4.69, 9.17) is 0 Å². The van der Waals surface area contributed by atoms with Crippen LogP contribution in [0.3, 0.4) is 0 Å². The van der Waals surface area contributed by atoms with Crippen molar-refractivity contribution >= 4 is 27.3 Å². The Balaban J connectivity index is 2.11. The van der Waals surface area contributed by atoms with Gasteiger partial charge in [0, 0.05) is 39.4 Å². The van der Waals surface area contributed by atoms with Crippen LogP contribution in [0.4, 0.5) is 0 Å². The van der Waals surface area contributed by atoms with Crippen LogP contribution in [0.1, 0.15) is 44.9 Å². The number of halogens is 1. The zero-order chi connectivity index (χ0) is 13.9. The molecule has 1 unspecified atom stereocenters. The Kier molecular flexibility index (Phi) is 5.46. The lowest BCUT2D eigenvalue weighted by Crippen LogP contribution is -2.51. The second kappa shape index (κ2) is 6.70. The quantitative estimate of drug-likeness (QED) is 0.877. The Labute approximate surface area is 129 Å². The molecular weight excluding hydrogens is 320 g/mol. The number of nitrogens with zero attached hydrogens (tertiary/aromatic N) is 1. The monoisotopic (exact) mass is 344 g/mol. The molecule has 108 valence electrons. The maximum Gasteiger partial charge on any atom is 0.0331 e. The Morgan fingerprint density at radius 1 is 1.47 bits per heavy atom. The van der Waals surface area contributed by atoms with Gasteiger partial charge >= 0.3 is 0 Å². The Morgan fingerprint density at radius 2 is 2.21 bits per heavy atom. The van der Waals surface area contributed by atoms with E-state index in [1.807, 2.05) is 11.3 Å². The molecule has 1 fully saturated rings. The molecule has 0 aliphatic carbocycles. The Bertz CT molecular complexity index is 401. The van der Waals surface area contributed by atoms with Gasteiger partial charge < -0.3 is 5.32 Å². The van der Waals surface area contributed by atoms with Crippen LogP contribution in [-0.2, 0) is 6.54 Å². The molecule has 1 saturated heterocycles. The largest absolute Gasteiger partial charge is 0.310 e. The van der Waals surface area contributed by atoms with Crippen LogP contribution in [0.15, 0.2) is 15.9 Å². The first kappa shape index (κ1) is 15.5. The predicted molar refractivity (Wildman–Crippen MR) is 87.8 cm³/mol. The summed E-state index contributed by atoms with van der Waals surface area (Å²) >= 11 is 5.42. The van der Waals surface area contributed by atoms with Gasteiger partial charge in [0.05, 0.1) is 0 Å². The number of hydrogen-bond donors (Lipinski definition) is 1. The maximum atomic E-state index is 3.80. The highest BCUT2D eigenvalue weighted by Crippen LogP contribution is 2.27. The summed E-state index contributed by atoms with van der Waals surface area (Å²) in [5.74, 6) is 0. The van der Waals surface area contributed by atoms with Gasteiger partial charge in [-0.3, -0.25) is 4.90 Å². The van der Waals surface area contributed by atoms with Crippen molar-refractivity contribution in [2.45, 2.75) is 58.2 Å². The van der Waals surface area contributed by atoms with Crippen molar-refractivity contribution in [1.29, 1.82) is 0 Å². The van der Waals surface area contributed by atoms with Crippen LogP contribution in [0.2, 0.25) is 0 Å². The first-order valence-electron chi connectivity index (χ1n) is 7.30. The van der Waals surface area contributed by atoms with Gasteiger partial charge in [0.2, 0.25) is 0 Å². The highest BCUT2D eigenvalue weighted by molar-refractivity contribution is 9.10. The van der Waals surface area contributed by atoms with Crippen molar-refractivity contribution in [2.75, 3.05) is 13.1 Å². The molecule has 1 aliphatic rings. The van der Waals surface area contributed by atoms with E-state index in [-0.39, 0.29) is 0 Å².